The second-order valence-corrected chi connectivity index (χ2v) is 12.0. The number of carboxylic acids is 1. The van der Waals surface area contributed by atoms with E-state index in [-0.39, 0.29) is 53.3 Å². The molecule has 4 amide bonds. The van der Waals surface area contributed by atoms with Gasteiger partial charge in [-0.1, -0.05) is 95.1 Å². The summed E-state index contributed by atoms with van der Waals surface area (Å²) in [6, 6.07) is 10.5. The molecule has 0 bridgehead atoms. The zero-order valence-electron chi connectivity index (χ0n) is 27.2. The number of phenols is 1. The average molecular weight is 685 g/mol. The van der Waals surface area contributed by atoms with Gasteiger partial charge in [0.05, 0.1) is 23.1 Å². The van der Waals surface area contributed by atoms with Gasteiger partial charge in [-0.3, -0.25) is 24.0 Å². The van der Waals surface area contributed by atoms with Gasteiger partial charge in [0.25, 0.3) is 0 Å². The maximum Gasteiger partial charge on any atom is 0.303 e. The number of carbonyl (C=O) groups is 5. The quantitative estimate of drug-likeness (QED) is 0.153. The first-order valence-corrected chi connectivity index (χ1v) is 15.6. The van der Waals surface area contributed by atoms with Gasteiger partial charge in [-0.05, 0) is 36.0 Å². The Morgan fingerprint density at radius 2 is 1.39 bits per heavy atom. The van der Waals surface area contributed by atoms with Crippen molar-refractivity contribution in [1.82, 2.24) is 16.0 Å². The van der Waals surface area contributed by atoms with Crippen LogP contribution in [0.3, 0.4) is 0 Å². The number of phenolic OH excluding ortho intramolecular Hbond substituents is 1. The summed E-state index contributed by atoms with van der Waals surface area (Å²) in [5.41, 5.74) is 6.49. The molecule has 0 saturated carbocycles. The normalized spacial score (nSPS) is 11.5. The van der Waals surface area contributed by atoms with Gasteiger partial charge in [0.15, 0.2) is 5.75 Å². The molecule has 0 saturated heterocycles. The lowest BCUT2D eigenvalue weighted by atomic mass is 10.0. The number of aliphatic carboxylic acids is 1. The van der Waals surface area contributed by atoms with Crippen LogP contribution >= 0.6 is 23.2 Å². The Hall–Kier alpha value is -3.87. The fourth-order valence-electron chi connectivity index (χ4n) is 3.47. The van der Waals surface area contributed by atoms with E-state index in [1.54, 1.807) is 20.8 Å². The van der Waals surface area contributed by atoms with Crippen LogP contribution in [0.4, 0.5) is 5.69 Å². The van der Waals surface area contributed by atoms with Gasteiger partial charge in [-0.2, -0.15) is 0 Å². The second kappa shape index (κ2) is 22.6. The Morgan fingerprint density at radius 1 is 0.870 bits per heavy atom. The van der Waals surface area contributed by atoms with E-state index in [1.807, 2.05) is 30.3 Å². The standard InChI is InChI=1S/C25H31Cl2N5O5.C4H10.C3H6O2/c1-14(2)23(32-21(34)12-28)25(37)29-13-22(35)31-16(8-15-6-4-3-5-7-15)11-20(33)30-17-9-18(26)24(36)19(27)10-17;1-4(2)3;1-2-3(4)5/h3-7,9-10,14,16,23,36H,8,11-13,28H2,1-2H3,(H,29,37)(H,30,33)(H,31,35)(H,32,34);4H,1-3H3;2H2,1H3,(H,4,5)/t16-,23?;;/m0../s1. The SMILES string of the molecule is CC(C)C.CC(C)C(NC(=O)CN)C(=O)NCC(=O)N[C@H](CC(=O)Nc1cc(Cl)c(O)c(Cl)c1)Cc1ccccc1.CCC(=O)O. The number of anilines is 1. The second-order valence-electron chi connectivity index (χ2n) is 11.2. The molecular formula is C32H47Cl2N5O7. The van der Waals surface area contributed by atoms with E-state index in [9.17, 15) is 29.1 Å². The Bertz CT molecular complexity index is 1250. The Kier molecular flexibility index (Phi) is 20.7. The van der Waals surface area contributed by atoms with Crippen molar-refractivity contribution < 1.29 is 34.2 Å². The van der Waals surface area contributed by atoms with Crippen LogP contribution in [0.1, 0.15) is 59.9 Å². The van der Waals surface area contributed by atoms with Crippen molar-refractivity contribution in [2.24, 2.45) is 17.6 Å². The number of rotatable bonds is 13. The van der Waals surface area contributed by atoms with Crippen molar-refractivity contribution in [3.63, 3.8) is 0 Å². The Balaban J connectivity index is 0.00000198. The van der Waals surface area contributed by atoms with Gasteiger partial charge >= 0.3 is 5.97 Å². The minimum Gasteiger partial charge on any atom is -0.505 e. The summed E-state index contributed by atoms with van der Waals surface area (Å²) < 4.78 is 0. The number of nitrogens with two attached hydrogens (primary N) is 1. The number of carbonyl (C=O) groups excluding carboxylic acids is 4. The number of hydrogen-bond donors (Lipinski definition) is 7. The minimum absolute atomic E-state index is 0.0185. The maximum absolute atomic E-state index is 12.7. The van der Waals surface area contributed by atoms with Crippen LogP contribution in [0.15, 0.2) is 42.5 Å². The van der Waals surface area contributed by atoms with E-state index in [0.717, 1.165) is 11.5 Å². The summed E-state index contributed by atoms with van der Waals surface area (Å²) in [5.74, 6) is -2.37. The summed E-state index contributed by atoms with van der Waals surface area (Å²) in [7, 11) is 0. The molecule has 0 fully saturated rings. The number of nitrogens with one attached hydrogen (secondary N) is 4. The Labute approximate surface area is 280 Å². The zero-order valence-corrected chi connectivity index (χ0v) is 28.7. The third-order valence-corrected chi connectivity index (χ3v) is 6.18. The molecule has 2 atom stereocenters. The van der Waals surface area contributed by atoms with Crippen LogP contribution in [0.25, 0.3) is 0 Å². The molecule has 0 aromatic heterocycles. The lowest BCUT2D eigenvalue weighted by Crippen LogP contribution is -2.53. The van der Waals surface area contributed by atoms with Gasteiger partial charge < -0.3 is 37.2 Å². The van der Waals surface area contributed by atoms with Gasteiger partial charge in [0.1, 0.15) is 6.04 Å². The molecule has 46 heavy (non-hydrogen) atoms. The molecular weight excluding hydrogens is 637 g/mol. The topological polar surface area (TPSA) is 200 Å². The minimum atomic E-state index is -0.848. The van der Waals surface area contributed by atoms with Crippen LogP contribution in [0.5, 0.6) is 5.75 Å². The molecule has 1 unspecified atom stereocenters. The van der Waals surface area contributed by atoms with Crippen molar-refractivity contribution in [3.8, 4) is 5.75 Å². The number of hydrogen-bond acceptors (Lipinski definition) is 7. The van der Waals surface area contributed by atoms with Gasteiger partial charge in [-0.15, -0.1) is 0 Å². The third-order valence-electron chi connectivity index (χ3n) is 5.60. The molecule has 256 valence electrons. The molecule has 2 aromatic carbocycles. The number of amides is 4. The molecule has 0 radical (unpaired) electrons. The van der Waals surface area contributed by atoms with Crippen molar-refractivity contribution in [2.75, 3.05) is 18.4 Å². The molecule has 0 aliphatic carbocycles. The van der Waals surface area contributed by atoms with Crippen molar-refractivity contribution in [2.45, 2.75) is 72.9 Å². The molecule has 8 N–H and O–H groups in total. The summed E-state index contributed by atoms with van der Waals surface area (Å²) in [6.07, 6.45) is 0.484. The van der Waals surface area contributed by atoms with Crippen molar-refractivity contribution in [1.29, 1.82) is 0 Å². The van der Waals surface area contributed by atoms with Gasteiger partial charge in [0.2, 0.25) is 23.6 Å². The summed E-state index contributed by atoms with van der Waals surface area (Å²) in [5, 5.41) is 27.9. The lowest BCUT2D eigenvalue weighted by Gasteiger charge is -2.22. The summed E-state index contributed by atoms with van der Waals surface area (Å²) in [6.45, 7) is 11.0. The third kappa shape index (κ3) is 18.8. The first kappa shape index (κ1) is 42.1. The number of aromatic hydroxyl groups is 1. The van der Waals surface area contributed by atoms with Crippen LogP contribution in [-0.4, -0.2) is 65.0 Å². The largest absolute Gasteiger partial charge is 0.505 e. The number of carboxylic acid groups (broad SMARTS) is 1. The summed E-state index contributed by atoms with van der Waals surface area (Å²) in [4.78, 5) is 58.9. The predicted molar refractivity (Wildman–Crippen MR) is 181 cm³/mol. The molecule has 14 heteroatoms. The van der Waals surface area contributed by atoms with Crippen LogP contribution in [0.2, 0.25) is 10.0 Å². The van der Waals surface area contributed by atoms with E-state index in [0.29, 0.717) is 6.42 Å². The molecule has 2 rings (SSSR count). The van der Waals surface area contributed by atoms with E-state index >= 15 is 0 Å². The summed E-state index contributed by atoms with van der Waals surface area (Å²) >= 11 is 11.8. The van der Waals surface area contributed by atoms with Gasteiger partial charge in [0, 0.05) is 24.6 Å². The molecule has 2 aromatic rings. The van der Waals surface area contributed by atoms with E-state index in [2.05, 4.69) is 42.0 Å². The Morgan fingerprint density at radius 3 is 1.85 bits per heavy atom. The zero-order chi connectivity index (χ0) is 35.4. The maximum atomic E-state index is 12.7. The van der Waals surface area contributed by atoms with Crippen molar-refractivity contribution in [3.05, 3.63) is 58.1 Å². The highest BCUT2D eigenvalue weighted by Crippen LogP contribution is 2.34. The van der Waals surface area contributed by atoms with Crippen molar-refractivity contribution >= 4 is 58.5 Å². The van der Waals surface area contributed by atoms with E-state index < -0.39 is 41.7 Å². The van der Waals surface area contributed by atoms with Gasteiger partial charge in [-0.25, -0.2) is 0 Å². The van der Waals surface area contributed by atoms with Crippen LogP contribution in [-0.2, 0) is 30.4 Å². The first-order chi connectivity index (χ1) is 21.5. The highest BCUT2D eigenvalue weighted by atomic mass is 35.5. The lowest BCUT2D eigenvalue weighted by molar-refractivity contribution is -0.136. The highest BCUT2D eigenvalue weighted by Gasteiger charge is 2.25. The monoisotopic (exact) mass is 683 g/mol. The predicted octanol–water partition coefficient (Wildman–Crippen LogP) is 4.11. The van der Waals surface area contributed by atoms with E-state index in [1.165, 1.54) is 12.1 Å². The van der Waals surface area contributed by atoms with E-state index in [4.69, 9.17) is 34.0 Å². The molecule has 0 heterocycles. The smallest absolute Gasteiger partial charge is 0.303 e. The molecule has 0 spiro atoms. The fraction of sp³-hybridized carbons (Fsp3) is 0.469. The average Bonchev–Trinajstić information content (AvgIpc) is 2.97. The number of halogens is 2. The van der Waals surface area contributed by atoms with Crippen LogP contribution in [0, 0.1) is 11.8 Å². The highest BCUT2D eigenvalue weighted by molar-refractivity contribution is 6.37. The fourth-order valence-corrected chi connectivity index (χ4v) is 3.96. The molecule has 12 nitrogen and oxygen atoms in total. The molecule has 0 aliphatic rings. The molecule has 0 aliphatic heterocycles. The first-order valence-electron chi connectivity index (χ1n) is 14.8. The van der Waals surface area contributed by atoms with Crippen LogP contribution < -0.4 is 27.0 Å². The number of benzene rings is 2.